The second kappa shape index (κ2) is 10.6. The summed E-state index contributed by atoms with van der Waals surface area (Å²) in [6, 6.07) is 17.7. The number of benzene rings is 3. The van der Waals surface area contributed by atoms with E-state index in [4.69, 9.17) is 11.1 Å². The van der Waals surface area contributed by atoms with E-state index in [1.165, 1.54) is 6.07 Å². The van der Waals surface area contributed by atoms with Crippen molar-refractivity contribution in [2.75, 3.05) is 18.9 Å². The Labute approximate surface area is 203 Å². The van der Waals surface area contributed by atoms with E-state index >= 15 is 0 Å². The lowest BCUT2D eigenvalue weighted by molar-refractivity contribution is 0.0697. The predicted molar refractivity (Wildman–Crippen MR) is 136 cm³/mol. The first-order valence-electron chi connectivity index (χ1n) is 11.1. The molecule has 0 heterocycles. The number of carboxylic acid groups (broad SMARTS) is 1. The number of hydrogen-bond acceptors (Lipinski definition) is 4. The maximum absolute atomic E-state index is 13.1. The highest BCUT2D eigenvalue weighted by atomic mass is 16.4. The molecule has 0 bridgehead atoms. The minimum atomic E-state index is -1.20. The Morgan fingerprint density at radius 2 is 1.54 bits per heavy atom. The molecule has 2 amide bonds. The summed E-state index contributed by atoms with van der Waals surface area (Å²) in [5.74, 6) is -1.70. The molecule has 3 rings (SSSR count). The molecule has 3 aromatic rings. The van der Waals surface area contributed by atoms with Gasteiger partial charge in [-0.1, -0.05) is 38.1 Å². The van der Waals surface area contributed by atoms with Crippen LogP contribution in [0.4, 0.5) is 5.69 Å². The van der Waals surface area contributed by atoms with Crippen molar-refractivity contribution in [3.8, 4) is 11.1 Å². The lowest BCUT2D eigenvalue weighted by atomic mass is 9.93. The highest BCUT2D eigenvalue weighted by molar-refractivity contribution is 6.11. The molecule has 0 atom stereocenters. The Morgan fingerprint density at radius 3 is 2.14 bits per heavy atom. The summed E-state index contributed by atoms with van der Waals surface area (Å²) in [6.45, 7) is 4.53. The van der Waals surface area contributed by atoms with E-state index in [1.54, 1.807) is 72.6 Å². The molecule has 3 aromatic carbocycles. The van der Waals surface area contributed by atoms with Crippen molar-refractivity contribution in [2.24, 2.45) is 11.7 Å². The van der Waals surface area contributed by atoms with Crippen LogP contribution in [0.2, 0.25) is 0 Å². The molecule has 0 saturated heterocycles. The Hall–Kier alpha value is -4.46. The first-order valence-corrected chi connectivity index (χ1v) is 11.1. The van der Waals surface area contributed by atoms with E-state index < -0.39 is 11.9 Å². The van der Waals surface area contributed by atoms with Gasteiger partial charge in [0.15, 0.2) is 0 Å². The van der Waals surface area contributed by atoms with Crippen LogP contribution in [-0.4, -0.2) is 47.2 Å². The third-order valence-corrected chi connectivity index (χ3v) is 5.40. The molecule has 0 aromatic heterocycles. The summed E-state index contributed by atoms with van der Waals surface area (Å²) in [4.78, 5) is 39.6. The van der Waals surface area contributed by atoms with Crippen LogP contribution in [0.25, 0.3) is 11.1 Å². The smallest absolute Gasteiger partial charge is 0.336 e. The number of carbonyl (C=O) groups is 3. The summed E-state index contributed by atoms with van der Waals surface area (Å²) >= 11 is 0. The van der Waals surface area contributed by atoms with Crippen LogP contribution in [0.15, 0.2) is 66.7 Å². The number of nitrogens with two attached hydrogens (primary N) is 1. The molecule has 8 nitrogen and oxygen atoms in total. The van der Waals surface area contributed by atoms with Crippen LogP contribution < -0.4 is 11.1 Å². The Kier molecular flexibility index (Phi) is 7.66. The first-order chi connectivity index (χ1) is 16.6. The van der Waals surface area contributed by atoms with Gasteiger partial charge in [-0.3, -0.25) is 15.0 Å². The zero-order chi connectivity index (χ0) is 25.7. The van der Waals surface area contributed by atoms with Crippen molar-refractivity contribution in [1.29, 1.82) is 5.41 Å². The second-order valence-electron chi connectivity index (χ2n) is 8.64. The highest BCUT2D eigenvalue weighted by Gasteiger charge is 2.21. The van der Waals surface area contributed by atoms with E-state index in [0.29, 0.717) is 28.9 Å². The number of nitrogen functional groups attached to an aromatic ring is 1. The fourth-order valence-corrected chi connectivity index (χ4v) is 3.79. The summed E-state index contributed by atoms with van der Waals surface area (Å²) < 4.78 is 0. The van der Waals surface area contributed by atoms with E-state index in [2.05, 4.69) is 5.32 Å². The molecule has 8 heteroatoms. The van der Waals surface area contributed by atoms with Gasteiger partial charge in [-0.25, -0.2) is 4.79 Å². The number of carboxylic acids is 1. The fraction of sp³-hybridized carbons (Fsp3) is 0.185. The van der Waals surface area contributed by atoms with Crippen LogP contribution in [0, 0.1) is 11.3 Å². The lowest BCUT2D eigenvalue weighted by Gasteiger charge is -2.20. The van der Waals surface area contributed by atoms with Crippen LogP contribution >= 0.6 is 0 Å². The van der Waals surface area contributed by atoms with Gasteiger partial charge in [0.2, 0.25) is 0 Å². The van der Waals surface area contributed by atoms with Crippen LogP contribution in [0.1, 0.15) is 50.5 Å². The standard InChI is InChI=1S/C27H28N4O4/c1-16(2)15-31(3)26(33)18-10-13-21(23(14-18)27(34)35)20-6-4-5-7-22(20)25(32)30-19-11-8-17(9-12-19)24(28)29/h4-14,16H,15H2,1-3H3,(H3,28,29)(H,30,32)(H,34,35). The summed E-state index contributed by atoms with van der Waals surface area (Å²) in [5.41, 5.74) is 7.74. The van der Waals surface area contributed by atoms with Gasteiger partial charge < -0.3 is 21.1 Å². The lowest BCUT2D eigenvalue weighted by Crippen LogP contribution is -2.30. The van der Waals surface area contributed by atoms with Gasteiger partial charge >= 0.3 is 5.97 Å². The molecule has 0 unspecified atom stereocenters. The number of hydrogen-bond donors (Lipinski definition) is 4. The van der Waals surface area contributed by atoms with Gasteiger partial charge in [-0.15, -0.1) is 0 Å². The quantitative estimate of drug-likeness (QED) is 0.286. The van der Waals surface area contributed by atoms with Gasteiger partial charge in [0.05, 0.1) is 5.56 Å². The number of anilines is 1. The highest BCUT2D eigenvalue weighted by Crippen LogP contribution is 2.29. The van der Waals surface area contributed by atoms with Crippen molar-refractivity contribution in [1.82, 2.24) is 4.90 Å². The Morgan fingerprint density at radius 1 is 0.943 bits per heavy atom. The normalized spacial score (nSPS) is 10.6. The molecule has 0 aliphatic heterocycles. The first kappa shape index (κ1) is 25.2. The van der Waals surface area contributed by atoms with Crippen LogP contribution in [-0.2, 0) is 0 Å². The number of carbonyl (C=O) groups excluding carboxylic acids is 2. The number of amidine groups is 1. The fourth-order valence-electron chi connectivity index (χ4n) is 3.79. The van der Waals surface area contributed by atoms with Crippen molar-refractivity contribution in [2.45, 2.75) is 13.8 Å². The third kappa shape index (κ3) is 5.92. The number of aromatic carboxylic acids is 1. The summed E-state index contributed by atoms with van der Waals surface area (Å²) in [7, 11) is 1.68. The number of amides is 2. The zero-order valence-corrected chi connectivity index (χ0v) is 19.8. The molecule has 0 fully saturated rings. The van der Waals surface area contributed by atoms with Crippen LogP contribution in [0.3, 0.4) is 0 Å². The van der Waals surface area contributed by atoms with Gasteiger partial charge in [-0.2, -0.15) is 0 Å². The molecule has 0 saturated carbocycles. The van der Waals surface area contributed by atoms with Gasteiger partial charge in [-0.05, 0) is 59.5 Å². The summed E-state index contributed by atoms with van der Waals surface area (Å²) in [6.07, 6.45) is 0. The Balaban J connectivity index is 1.97. The molecule has 5 N–H and O–H groups in total. The van der Waals surface area contributed by atoms with Crippen molar-refractivity contribution < 1.29 is 19.5 Å². The summed E-state index contributed by atoms with van der Waals surface area (Å²) in [5, 5.41) is 20.2. The zero-order valence-electron chi connectivity index (χ0n) is 19.8. The van der Waals surface area contributed by atoms with Crippen molar-refractivity contribution in [3.05, 3.63) is 89.0 Å². The van der Waals surface area contributed by atoms with E-state index in [-0.39, 0.29) is 34.4 Å². The molecule has 0 aliphatic carbocycles. The molecular formula is C27H28N4O4. The van der Waals surface area contributed by atoms with E-state index in [1.807, 2.05) is 13.8 Å². The molecule has 0 spiro atoms. The third-order valence-electron chi connectivity index (χ3n) is 5.40. The second-order valence-corrected chi connectivity index (χ2v) is 8.64. The van der Waals surface area contributed by atoms with Gasteiger partial charge in [0.1, 0.15) is 5.84 Å². The number of rotatable bonds is 8. The average Bonchev–Trinajstić information content (AvgIpc) is 2.83. The number of nitrogens with zero attached hydrogens (tertiary/aromatic N) is 1. The minimum absolute atomic E-state index is 0.0696. The van der Waals surface area contributed by atoms with Crippen molar-refractivity contribution >= 4 is 29.3 Å². The van der Waals surface area contributed by atoms with Gasteiger partial charge in [0, 0.05) is 36.0 Å². The Bertz CT molecular complexity index is 1280. The minimum Gasteiger partial charge on any atom is -0.478 e. The number of nitrogens with one attached hydrogen (secondary N) is 2. The van der Waals surface area contributed by atoms with Gasteiger partial charge in [0.25, 0.3) is 11.8 Å². The maximum Gasteiger partial charge on any atom is 0.336 e. The van der Waals surface area contributed by atoms with Crippen molar-refractivity contribution in [3.63, 3.8) is 0 Å². The molecule has 180 valence electrons. The molecule has 35 heavy (non-hydrogen) atoms. The monoisotopic (exact) mass is 472 g/mol. The van der Waals surface area contributed by atoms with E-state index in [9.17, 15) is 19.5 Å². The van der Waals surface area contributed by atoms with E-state index in [0.717, 1.165) is 0 Å². The SMILES string of the molecule is CC(C)CN(C)C(=O)c1ccc(-c2ccccc2C(=O)Nc2ccc(C(=N)N)cc2)c(C(=O)O)c1. The molecule has 0 radical (unpaired) electrons. The topological polar surface area (TPSA) is 137 Å². The van der Waals surface area contributed by atoms with Crippen LogP contribution in [0.5, 0.6) is 0 Å². The maximum atomic E-state index is 13.1. The predicted octanol–water partition coefficient (Wildman–Crippen LogP) is 4.32. The largest absolute Gasteiger partial charge is 0.478 e. The molecule has 0 aliphatic rings. The molecular weight excluding hydrogens is 444 g/mol. The average molecular weight is 473 g/mol.